The van der Waals surface area contributed by atoms with Crippen molar-refractivity contribution >= 4 is 11.9 Å². The first-order valence-electron chi connectivity index (χ1n) is 29.9. The maximum atomic E-state index is 13.4. The summed E-state index contributed by atoms with van der Waals surface area (Å²) in [5.41, 5.74) is 0. The highest BCUT2D eigenvalue weighted by atomic mass is 16.7. The van der Waals surface area contributed by atoms with Gasteiger partial charge in [-0.15, -0.1) is 0 Å². The van der Waals surface area contributed by atoms with Crippen LogP contribution in [0.1, 0.15) is 239 Å². The Morgan fingerprint density at radius 2 is 0.973 bits per heavy atom. The quantitative estimate of drug-likeness (QED) is 0.0195. The standard InChI is InChI=1S/C63H109NO10/c1-4-7-10-13-16-19-22-25-26-27-28-29-30-31-33-35-38-41-44-47-50-56(67)62(71)64-54(55(66)49-46-43-40-37-34-24-21-18-15-12-9-6-3)53-72-63-61(60(70)59(69)57(52-65)73-63)74-58(68)51-48-45-42-39-36-32-23-20-17-14-11-8-5-2/h7,10,16,19,25-26,28-29,31-33,36,46,49,54-57,59-61,63,65-67,69-70H,4-6,8-9,11-15,17-18,20-24,27,30,34-35,37-45,47-48,50-53H2,1-3H3,(H,64,71)/b10-7-,19-16-,26-25-,29-28-,33-31-,36-32-,49-46+. The predicted octanol–water partition coefficient (Wildman–Crippen LogP) is 13.8. The summed E-state index contributed by atoms with van der Waals surface area (Å²) in [4.78, 5) is 26.5. The molecule has 6 N–H and O–H groups in total. The lowest BCUT2D eigenvalue weighted by atomic mass is 9.99. The number of hydrogen-bond donors (Lipinski definition) is 6. The smallest absolute Gasteiger partial charge is 0.306 e. The fraction of sp³-hybridized carbons (Fsp3) is 0.746. The van der Waals surface area contributed by atoms with Crippen molar-refractivity contribution in [3.05, 3.63) is 85.1 Å². The largest absolute Gasteiger partial charge is 0.454 e. The summed E-state index contributed by atoms with van der Waals surface area (Å²) in [6, 6.07) is -1.04. The summed E-state index contributed by atoms with van der Waals surface area (Å²) in [5, 5.41) is 56.8. The molecular weight excluding hydrogens is 931 g/mol. The molecule has 0 radical (unpaired) electrons. The molecule has 8 unspecified atom stereocenters. The molecule has 1 saturated heterocycles. The van der Waals surface area contributed by atoms with Crippen molar-refractivity contribution in [2.24, 2.45) is 0 Å². The van der Waals surface area contributed by atoms with Gasteiger partial charge in [-0.2, -0.15) is 0 Å². The lowest BCUT2D eigenvalue weighted by Gasteiger charge is -2.41. The topological polar surface area (TPSA) is 175 Å². The molecule has 1 fully saturated rings. The van der Waals surface area contributed by atoms with E-state index in [1.54, 1.807) is 6.08 Å². The van der Waals surface area contributed by atoms with Crippen LogP contribution in [0.15, 0.2) is 85.1 Å². The monoisotopic (exact) mass is 1040 g/mol. The van der Waals surface area contributed by atoms with Crippen molar-refractivity contribution in [2.45, 2.75) is 288 Å². The van der Waals surface area contributed by atoms with Crippen LogP contribution in [0.4, 0.5) is 0 Å². The number of rotatable bonds is 49. The molecule has 0 aromatic heterocycles. The number of carbonyl (C=O) groups excluding carboxylic acids is 2. The van der Waals surface area contributed by atoms with Gasteiger partial charge in [0.25, 0.3) is 0 Å². The first-order valence-corrected chi connectivity index (χ1v) is 29.9. The molecule has 11 heteroatoms. The maximum absolute atomic E-state index is 13.4. The summed E-state index contributed by atoms with van der Waals surface area (Å²) < 4.78 is 17.6. The van der Waals surface area contributed by atoms with Gasteiger partial charge in [0.1, 0.15) is 24.4 Å². The summed E-state index contributed by atoms with van der Waals surface area (Å²) in [5.74, 6) is -1.24. The molecule has 0 saturated carbocycles. The summed E-state index contributed by atoms with van der Waals surface area (Å²) in [6.45, 7) is 5.63. The van der Waals surface area contributed by atoms with Gasteiger partial charge in [-0.25, -0.2) is 0 Å². The van der Waals surface area contributed by atoms with Gasteiger partial charge in [-0.05, 0) is 96.3 Å². The molecule has 0 spiro atoms. The fourth-order valence-corrected chi connectivity index (χ4v) is 8.79. The number of aliphatic hydroxyl groups excluding tert-OH is 5. The molecule has 74 heavy (non-hydrogen) atoms. The van der Waals surface area contributed by atoms with Crippen molar-refractivity contribution in [3.8, 4) is 0 Å². The molecule has 0 aliphatic carbocycles. The summed E-state index contributed by atoms with van der Waals surface area (Å²) in [7, 11) is 0. The Labute approximate surface area is 451 Å². The van der Waals surface area contributed by atoms with Gasteiger partial charge in [0, 0.05) is 6.42 Å². The zero-order valence-corrected chi connectivity index (χ0v) is 46.9. The van der Waals surface area contributed by atoms with E-state index in [1.165, 1.54) is 89.9 Å². The second-order valence-corrected chi connectivity index (χ2v) is 20.3. The van der Waals surface area contributed by atoms with Gasteiger partial charge in [-0.3, -0.25) is 9.59 Å². The normalized spacial score (nSPS) is 19.9. The molecule has 0 bridgehead atoms. The Morgan fingerprint density at radius 1 is 0.541 bits per heavy atom. The van der Waals surface area contributed by atoms with Crippen LogP contribution in [0.3, 0.4) is 0 Å². The summed E-state index contributed by atoms with van der Waals surface area (Å²) in [6.07, 6.45) is 54.8. The Balaban J connectivity index is 2.73. The molecular formula is C63H109NO10. The molecule has 1 amide bonds. The van der Waals surface area contributed by atoms with Crippen LogP contribution in [0.5, 0.6) is 0 Å². The van der Waals surface area contributed by atoms with Crippen molar-refractivity contribution in [2.75, 3.05) is 13.2 Å². The number of allylic oxidation sites excluding steroid dienone is 13. The number of carbonyl (C=O) groups is 2. The van der Waals surface area contributed by atoms with E-state index >= 15 is 0 Å². The number of nitrogens with one attached hydrogen (secondary N) is 1. The zero-order valence-electron chi connectivity index (χ0n) is 46.9. The highest BCUT2D eigenvalue weighted by molar-refractivity contribution is 5.80. The molecule has 0 aromatic carbocycles. The Bertz CT molecular complexity index is 1520. The second-order valence-electron chi connectivity index (χ2n) is 20.3. The van der Waals surface area contributed by atoms with Crippen molar-refractivity contribution in [1.29, 1.82) is 0 Å². The van der Waals surface area contributed by atoms with E-state index in [1.807, 2.05) is 6.08 Å². The molecule has 11 nitrogen and oxygen atoms in total. The van der Waals surface area contributed by atoms with Crippen LogP contribution in [0, 0.1) is 0 Å². The number of amides is 1. The number of ether oxygens (including phenoxy) is 3. The second kappa shape index (κ2) is 50.6. The van der Waals surface area contributed by atoms with Gasteiger partial charge in [0.15, 0.2) is 12.4 Å². The lowest BCUT2D eigenvalue weighted by Crippen LogP contribution is -2.61. The first kappa shape index (κ1) is 68.9. The Kier molecular flexibility index (Phi) is 47.1. The van der Waals surface area contributed by atoms with Crippen LogP contribution < -0.4 is 5.32 Å². The van der Waals surface area contributed by atoms with E-state index < -0.39 is 67.4 Å². The Hall–Kier alpha value is -3.16. The van der Waals surface area contributed by atoms with Crippen LogP contribution in [0.25, 0.3) is 0 Å². The molecule has 0 aromatic rings. The number of aliphatic hydroxyl groups is 5. The van der Waals surface area contributed by atoms with E-state index in [-0.39, 0.29) is 19.4 Å². The minimum atomic E-state index is -1.63. The molecule has 1 rings (SSSR count). The fourth-order valence-electron chi connectivity index (χ4n) is 8.79. The maximum Gasteiger partial charge on any atom is 0.306 e. The number of hydrogen-bond acceptors (Lipinski definition) is 10. The van der Waals surface area contributed by atoms with Crippen molar-refractivity contribution in [1.82, 2.24) is 5.32 Å². The average Bonchev–Trinajstić information content (AvgIpc) is 3.40. The predicted molar refractivity (Wildman–Crippen MR) is 306 cm³/mol. The molecule has 1 aliphatic heterocycles. The van der Waals surface area contributed by atoms with Crippen LogP contribution in [-0.4, -0.2) is 99.6 Å². The minimum Gasteiger partial charge on any atom is -0.454 e. The SMILES string of the molecule is CC/C=C\C/C=C\C/C=C\C/C=C\C/C=C\CCCCCCC(O)C(=O)NC(COC1OC(CO)C(O)C(O)C1OC(=O)CCCCC/C=C\CCCCCCCC)C(O)/C=C/CCCCCCCCCCCC. The van der Waals surface area contributed by atoms with E-state index in [2.05, 4.69) is 99.0 Å². The minimum absolute atomic E-state index is 0.0976. The average molecular weight is 1040 g/mol. The van der Waals surface area contributed by atoms with E-state index in [0.717, 1.165) is 103 Å². The van der Waals surface area contributed by atoms with E-state index in [4.69, 9.17) is 14.2 Å². The van der Waals surface area contributed by atoms with Crippen LogP contribution in [-0.2, 0) is 23.8 Å². The van der Waals surface area contributed by atoms with Gasteiger partial charge in [0.2, 0.25) is 5.91 Å². The van der Waals surface area contributed by atoms with Gasteiger partial charge >= 0.3 is 5.97 Å². The molecule has 426 valence electrons. The third-order valence-electron chi connectivity index (χ3n) is 13.5. The lowest BCUT2D eigenvalue weighted by molar-refractivity contribution is -0.305. The van der Waals surface area contributed by atoms with E-state index in [0.29, 0.717) is 12.8 Å². The van der Waals surface area contributed by atoms with Gasteiger partial charge in [-0.1, -0.05) is 221 Å². The zero-order chi connectivity index (χ0) is 54.0. The van der Waals surface area contributed by atoms with Crippen molar-refractivity contribution in [3.63, 3.8) is 0 Å². The highest BCUT2D eigenvalue weighted by Crippen LogP contribution is 2.26. The number of unbranched alkanes of at least 4 members (excludes halogenated alkanes) is 23. The molecule has 1 heterocycles. The number of esters is 1. The molecule has 1 aliphatic rings. The third-order valence-corrected chi connectivity index (χ3v) is 13.5. The van der Waals surface area contributed by atoms with Crippen LogP contribution in [0.2, 0.25) is 0 Å². The van der Waals surface area contributed by atoms with Crippen LogP contribution >= 0.6 is 0 Å². The van der Waals surface area contributed by atoms with Crippen molar-refractivity contribution < 1.29 is 49.3 Å². The molecule has 8 atom stereocenters. The third kappa shape index (κ3) is 38.4. The first-order chi connectivity index (χ1) is 36.2. The summed E-state index contributed by atoms with van der Waals surface area (Å²) >= 11 is 0. The Morgan fingerprint density at radius 3 is 1.47 bits per heavy atom. The van der Waals surface area contributed by atoms with E-state index in [9.17, 15) is 35.1 Å². The van der Waals surface area contributed by atoms with Gasteiger partial charge < -0.3 is 45.1 Å². The highest BCUT2D eigenvalue weighted by Gasteiger charge is 2.47. The van der Waals surface area contributed by atoms with Gasteiger partial charge in [0.05, 0.1) is 25.4 Å².